The number of fused-ring (bicyclic) bond motifs is 2. The maximum absolute atomic E-state index is 12.3. The van der Waals surface area contributed by atoms with Gasteiger partial charge in [-0.3, -0.25) is 10.4 Å². The molecule has 0 unspecified atom stereocenters. The standard InChI is InChI=1S/C29H20ClN9O12S4.4Na/c30-27-33-28(31)35-29(34-27)32-22-10-9-20(17-2-1-3-25(26(17)22)55(49,50)51)37-38-21-8-7-19(16-6-4-14(12-18(16)21)52(40,41)42)36-39-23-13-15(53(43,44)45)5-11-24(23)54(46,47)48;;;;/h1-13H,(H,40,41,42)(H,43,44,45)(H,46,47,48)(H,49,50,51)(H3,31,32,33,34,35);;;;/q;4*+1/p-4. The molecule has 5 aromatic carbocycles. The Balaban J connectivity index is 0.00000300. The molecule has 0 spiro atoms. The number of aromatic amines is 2. The summed E-state index contributed by atoms with van der Waals surface area (Å²) >= 11 is 5.87. The van der Waals surface area contributed by atoms with Gasteiger partial charge in [-0.1, -0.05) is 18.2 Å². The minimum Gasteiger partial charge on any atom is -0.744 e. The summed E-state index contributed by atoms with van der Waals surface area (Å²) in [7, 11) is -20.6. The maximum Gasteiger partial charge on any atom is 1.00 e. The first-order chi connectivity index (χ1) is 25.6. The summed E-state index contributed by atoms with van der Waals surface area (Å²) in [5.41, 5.74) is -1.75. The molecule has 0 fully saturated rings. The molecule has 1 aromatic heterocycles. The van der Waals surface area contributed by atoms with Crippen molar-refractivity contribution in [2.24, 2.45) is 25.4 Å². The molecule has 3 N–H and O–H groups in total. The third-order valence-electron chi connectivity index (χ3n) is 7.38. The molecule has 21 nitrogen and oxygen atoms in total. The number of hydrogen-bond acceptors (Lipinski definition) is 19. The van der Waals surface area contributed by atoms with Crippen LogP contribution in [0.15, 0.2) is 124 Å². The number of nitrogens with one attached hydrogen (secondary N) is 3. The Morgan fingerprint density at radius 3 is 1.56 bits per heavy atom. The van der Waals surface area contributed by atoms with E-state index in [1.165, 1.54) is 36.4 Å². The number of halogens is 1. The summed E-state index contributed by atoms with van der Waals surface area (Å²) in [4.78, 5) is 9.53. The number of H-pyrrole nitrogens is 2. The Morgan fingerprint density at radius 1 is 0.525 bits per heavy atom. The van der Waals surface area contributed by atoms with Crippen LogP contribution in [0.2, 0.25) is 5.28 Å². The van der Waals surface area contributed by atoms with Crippen LogP contribution in [0.1, 0.15) is 0 Å². The molecule has 284 valence electrons. The van der Waals surface area contributed by atoms with E-state index in [0.717, 1.165) is 24.3 Å². The third-order valence-corrected chi connectivity index (χ3v) is 11.0. The Hall–Kier alpha value is -1.64. The average molecular weight is 938 g/mol. The third kappa shape index (κ3) is 12.7. The zero-order valence-electron chi connectivity index (χ0n) is 30.6. The van der Waals surface area contributed by atoms with Gasteiger partial charge < -0.3 is 23.2 Å². The zero-order valence-corrected chi connectivity index (χ0v) is 42.6. The number of rotatable bonds is 9. The molecule has 0 atom stereocenters. The molecular weight excluding hydrogens is 922 g/mol. The SMILES string of the molecule is N=c1nc(Cl)[nH]c(=Nc2ccc(N=Nc3ccc(N=Nc4cc(S(=O)(=O)[O-])ccc4S(=O)(=O)[O-])c4ccc(S(=O)(=O)[O-])cc34)c3cccc(S(=O)(=O)[O-])c23)[nH]1.[Na+].[Na+].[Na+].[Na+]. The van der Waals surface area contributed by atoms with Crippen LogP contribution in [0.5, 0.6) is 0 Å². The van der Waals surface area contributed by atoms with Crippen LogP contribution < -0.4 is 129 Å². The Morgan fingerprint density at radius 2 is 1.02 bits per heavy atom. The predicted octanol–water partition coefficient (Wildman–Crippen LogP) is -8.13. The van der Waals surface area contributed by atoms with Crippen LogP contribution in [-0.4, -0.2) is 66.8 Å². The van der Waals surface area contributed by atoms with Gasteiger partial charge in [-0.05, 0) is 72.3 Å². The molecular formula is C29H16ClN9Na4O12S4. The van der Waals surface area contributed by atoms with E-state index in [-0.39, 0.29) is 173 Å². The van der Waals surface area contributed by atoms with E-state index in [1.807, 2.05) is 0 Å². The molecule has 59 heavy (non-hydrogen) atoms. The molecule has 0 radical (unpaired) electrons. The molecule has 0 saturated carbocycles. The van der Waals surface area contributed by atoms with Gasteiger partial charge in [0.05, 0.1) is 42.3 Å². The molecule has 1 heterocycles. The van der Waals surface area contributed by atoms with Crippen molar-refractivity contribution in [2.75, 3.05) is 0 Å². The fourth-order valence-electron chi connectivity index (χ4n) is 5.08. The predicted molar refractivity (Wildman–Crippen MR) is 184 cm³/mol. The molecule has 0 amide bonds. The van der Waals surface area contributed by atoms with Crippen LogP contribution in [0.4, 0.5) is 28.4 Å². The van der Waals surface area contributed by atoms with Crippen molar-refractivity contribution in [3.63, 3.8) is 0 Å². The second kappa shape index (κ2) is 20.7. The number of nitrogens with zero attached hydrogens (tertiary/aromatic N) is 6. The Bertz CT molecular complexity index is 3280. The summed E-state index contributed by atoms with van der Waals surface area (Å²) in [6, 6.07) is 13.4. The Kier molecular flexibility index (Phi) is 18.8. The summed E-state index contributed by atoms with van der Waals surface area (Å²) in [5.74, 6) is 0. The van der Waals surface area contributed by atoms with Gasteiger partial charge in [0.2, 0.25) is 16.5 Å². The maximum atomic E-state index is 12.3. The largest absolute Gasteiger partial charge is 1.00 e. The average Bonchev–Trinajstić information content (AvgIpc) is 3.08. The first kappa shape index (κ1) is 53.5. The first-order valence-corrected chi connectivity index (χ1v) is 20.5. The van der Waals surface area contributed by atoms with Crippen molar-refractivity contribution in [3.05, 3.63) is 95.4 Å². The van der Waals surface area contributed by atoms with Crippen LogP contribution in [0, 0.1) is 5.41 Å². The van der Waals surface area contributed by atoms with Gasteiger partial charge in [0.25, 0.3) is 0 Å². The number of azo groups is 2. The molecule has 30 heteroatoms. The summed E-state index contributed by atoms with van der Waals surface area (Å²) in [6.45, 7) is 0. The van der Waals surface area contributed by atoms with Crippen molar-refractivity contribution in [3.8, 4) is 0 Å². The topological polar surface area (TPSA) is 359 Å². The smallest absolute Gasteiger partial charge is 0.744 e. The summed E-state index contributed by atoms with van der Waals surface area (Å²) in [5, 5.41) is 23.1. The van der Waals surface area contributed by atoms with Crippen LogP contribution in [0.25, 0.3) is 21.5 Å². The fraction of sp³-hybridized carbons (Fsp3) is 0. The van der Waals surface area contributed by atoms with E-state index in [0.29, 0.717) is 18.2 Å². The van der Waals surface area contributed by atoms with Crippen molar-refractivity contribution >= 4 is 102 Å². The van der Waals surface area contributed by atoms with E-state index >= 15 is 0 Å². The molecule has 6 aromatic rings. The van der Waals surface area contributed by atoms with Gasteiger partial charge >= 0.3 is 118 Å². The second-order valence-electron chi connectivity index (χ2n) is 10.9. The minimum atomic E-state index is -5.26. The molecule has 0 bridgehead atoms. The van der Waals surface area contributed by atoms with E-state index in [1.54, 1.807) is 0 Å². The summed E-state index contributed by atoms with van der Waals surface area (Å²) in [6.07, 6.45) is 0. The number of aromatic nitrogens is 3. The van der Waals surface area contributed by atoms with Crippen molar-refractivity contribution < 1.29 is 170 Å². The quantitative estimate of drug-likeness (QED) is 0.0690. The molecule has 0 aliphatic carbocycles. The van der Waals surface area contributed by atoms with Crippen molar-refractivity contribution in [1.82, 2.24) is 15.0 Å². The van der Waals surface area contributed by atoms with Gasteiger partial charge in [0.1, 0.15) is 46.2 Å². The van der Waals surface area contributed by atoms with Gasteiger partial charge in [-0.25, -0.2) is 38.7 Å². The van der Waals surface area contributed by atoms with Crippen LogP contribution in [0.3, 0.4) is 0 Å². The van der Waals surface area contributed by atoms with Crippen LogP contribution >= 0.6 is 11.6 Å². The fourth-order valence-corrected chi connectivity index (χ4v) is 7.55. The zero-order chi connectivity index (χ0) is 40.1. The normalized spacial score (nSPS) is 12.5. The van der Waals surface area contributed by atoms with Crippen molar-refractivity contribution in [1.29, 1.82) is 5.41 Å². The van der Waals surface area contributed by atoms with E-state index < -0.39 is 71.4 Å². The van der Waals surface area contributed by atoms with Gasteiger partial charge in [-0.2, -0.15) is 4.98 Å². The van der Waals surface area contributed by atoms with Gasteiger partial charge in [-0.15, -0.1) is 20.5 Å². The molecule has 0 aliphatic rings. The second-order valence-corrected chi connectivity index (χ2v) is 16.7. The minimum absolute atomic E-state index is 0. The van der Waals surface area contributed by atoms with E-state index in [2.05, 4.69) is 40.4 Å². The Labute approximate surface area is 427 Å². The van der Waals surface area contributed by atoms with Crippen LogP contribution in [-0.2, 0) is 40.5 Å². The monoisotopic (exact) mass is 937 g/mol. The molecule has 0 aliphatic heterocycles. The van der Waals surface area contributed by atoms with E-state index in [4.69, 9.17) is 17.0 Å². The molecule has 0 saturated heterocycles. The van der Waals surface area contributed by atoms with Gasteiger partial charge in [0, 0.05) is 21.5 Å². The van der Waals surface area contributed by atoms with E-state index in [9.17, 15) is 51.9 Å². The van der Waals surface area contributed by atoms with Crippen molar-refractivity contribution in [2.45, 2.75) is 19.6 Å². The number of benzene rings is 5. The first-order valence-electron chi connectivity index (χ1n) is 14.5. The van der Waals surface area contributed by atoms with Gasteiger partial charge in [0.15, 0.2) is 0 Å². The summed E-state index contributed by atoms with van der Waals surface area (Å²) < 4.78 is 143. The molecule has 6 rings (SSSR count). The number of hydrogen-bond donors (Lipinski definition) is 3.